The molecule has 1 aliphatic heterocycles. The first-order chi connectivity index (χ1) is 8.04. The molecular formula is C11H11FN2O2S. The maximum absolute atomic E-state index is 13.1. The van der Waals surface area contributed by atoms with Crippen LogP contribution in [0.2, 0.25) is 0 Å². The fourth-order valence-electron chi connectivity index (χ4n) is 1.89. The average molecular weight is 254 g/mol. The molecule has 1 unspecified atom stereocenters. The molecule has 0 fully saturated rings. The summed E-state index contributed by atoms with van der Waals surface area (Å²) in [4.78, 5) is 11.2. The third-order valence-corrected chi connectivity index (χ3v) is 2.84. The van der Waals surface area contributed by atoms with Gasteiger partial charge in [0.25, 0.3) is 0 Å². The Balaban J connectivity index is 2.28. The van der Waals surface area contributed by atoms with Gasteiger partial charge < -0.3 is 15.7 Å². The van der Waals surface area contributed by atoms with Crippen LogP contribution in [-0.2, 0) is 6.42 Å². The Morgan fingerprint density at radius 2 is 2.29 bits per heavy atom. The van der Waals surface area contributed by atoms with Crippen LogP contribution in [-0.4, -0.2) is 22.2 Å². The summed E-state index contributed by atoms with van der Waals surface area (Å²) in [5.74, 6) is -0.340. The summed E-state index contributed by atoms with van der Waals surface area (Å²) >= 11 is 5.09. The monoisotopic (exact) mass is 254 g/mol. The van der Waals surface area contributed by atoms with Crippen LogP contribution >= 0.6 is 12.2 Å². The molecule has 0 bridgehead atoms. The number of rotatable bonds is 1. The number of anilines is 1. The van der Waals surface area contributed by atoms with Gasteiger partial charge in [0.05, 0.1) is 4.99 Å². The maximum Gasteiger partial charge on any atom is 0.404 e. The van der Waals surface area contributed by atoms with Crippen molar-refractivity contribution < 1.29 is 14.3 Å². The second kappa shape index (κ2) is 4.67. The molecule has 17 heavy (non-hydrogen) atoms. The molecule has 2 rings (SSSR count). The van der Waals surface area contributed by atoms with Crippen LogP contribution in [0.1, 0.15) is 12.0 Å². The fourth-order valence-corrected chi connectivity index (χ4v) is 2.20. The summed E-state index contributed by atoms with van der Waals surface area (Å²) in [6.07, 6.45) is -0.262. The van der Waals surface area contributed by atoms with E-state index in [9.17, 15) is 9.18 Å². The number of fused-ring (bicyclic) bond motifs is 1. The Hall–Kier alpha value is -1.69. The zero-order valence-electron chi connectivity index (χ0n) is 8.87. The number of hydrogen-bond acceptors (Lipinski definition) is 2. The predicted octanol–water partition coefficient (Wildman–Crippen LogP) is 2.15. The van der Waals surface area contributed by atoms with Crippen molar-refractivity contribution in [1.82, 2.24) is 5.32 Å². The molecule has 1 atom stereocenters. The average Bonchev–Trinajstić information content (AvgIpc) is 2.34. The standard InChI is InChI=1S/C11H11FN2O2S/c12-7-1-2-9-6(3-7)4-8(13-11(15)16)5-10(17)14-9/h1-3,8,13H,4-5H2,(H,14,17)(H,15,16). The SMILES string of the molecule is O=C(O)NC1CC(=S)Nc2ccc(F)cc2C1. The third kappa shape index (κ3) is 2.91. The van der Waals surface area contributed by atoms with Crippen molar-refractivity contribution in [2.75, 3.05) is 5.32 Å². The van der Waals surface area contributed by atoms with Gasteiger partial charge in [0.15, 0.2) is 0 Å². The number of carboxylic acid groups (broad SMARTS) is 1. The molecule has 0 radical (unpaired) electrons. The lowest BCUT2D eigenvalue weighted by molar-refractivity contribution is 0.190. The molecule has 6 heteroatoms. The van der Waals surface area contributed by atoms with Crippen LogP contribution in [0.4, 0.5) is 14.9 Å². The van der Waals surface area contributed by atoms with Crippen LogP contribution in [0.15, 0.2) is 18.2 Å². The molecule has 1 aliphatic rings. The van der Waals surface area contributed by atoms with Crippen LogP contribution in [0.25, 0.3) is 0 Å². The van der Waals surface area contributed by atoms with Gasteiger partial charge >= 0.3 is 6.09 Å². The molecule has 1 aromatic rings. The minimum absolute atomic E-state index is 0.324. The van der Waals surface area contributed by atoms with Gasteiger partial charge in [-0.2, -0.15) is 0 Å². The quantitative estimate of drug-likeness (QED) is 0.672. The molecular weight excluding hydrogens is 243 g/mol. The lowest BCUT2D eigenvalue weighted by Gasteiger charge is -2.13. The van der Waals surface area contributed by atoms with Gasteiger partial charge in [-0.3, -0.25) is 0 Å². The zero-order valence-corrected chi connectivity index (χ0v) is 9.68. The minimum Gasteiger partial charge on any atom is -0.465 e. The largest absolute Gasteiger partial charge is 0.465 e. The Morgan fingerprint density at radius 1 is 1.53 bits per heavy atom. The number of nitrogens with one attached hydrogen (secondary N) is 2. The number of carbonyl (C=O) groups is 1. The molecule has 0 spiro atoms. The highest BCUT2D eigenvalue weighted by Crippen LogP contribution is 2.23. The summed E-state index contributed by atoms with van der Waals surface area (Å²) in [6, 6.07) is 4.03. The van der Waals surface area contributed by atoms with Gasteiger partial charge in [-0.05, 0) is 30.2 Å². The number of halogens is 1. The zero-order chi connectivity index (χ0) is 12.4. The highest BCUT2D eigenvalue weighted by atomic mass is 32.1. The molecule has 4 nitrogen and oxygen atoms in total. The molecule has 0 aliphatic carbocycles. The van der Waals surface area contributed by atoms with Crippen molar-refractivity contribution in [3.63, 3.8) is 0 Å². The van der Waals surface area contributed by atoms with Crippen molar-refractivity contribution in [2.24, 2.45) is 0 Å². The van der Waals surface area contributed by atoms with E-state index in [1.54, 1.807) is 6.07 Å². The van der Waals surface area contributed by atoms with E-state index < -0.39 is 6.09 Å². The third-order valence-electron chi connectivity index (χ3n) is 2.57. The van der Waals surface area contributed by atoms with Crippen molar-refractivity contribution in [3.05, 3.63) is 29.6 Å². The van der Waals surface area contributed by atoms with E-state index in [0.717, 1.165) is 11.3 Å². The smallest absolute Gasteiger partial charge is 0.404 e. The minimum atomic E-state index is -1.10. The van der Waals surface area contributed by atoms with Gasteiger partial charge in [-0.1, -0.05) is 12.2 Å². The molecule has 90 valence electrons. The van der Waals surface area contributed by atoms with E-state index in [2.05, 4.69) is 10.6 Å². The van der Waals surface area contributed by atoms with Crippen molar-refractivity contribution in [3.8, 4) is 0 Å². The second-order valence-electron chi connectivity index (χ2n) is 3.90. The molecule has 1 heterocycles. The van der Waals surface area contributed by atoms with E-state index in [0.29, 0.717) is 17.8 Å². The van der Waals surface area contributed by atoms with Crippen molar-refractivity contribution >= 4 is 29.0 Å². The topological polar surface area (TPSA) is 61.4 Å². The Bertz CT molecular complexity index is 479. The number of hydrogen-bond donors (Lipinski definition) is 3. The van der Waals surface area contributed by atoms with Crippen molar-refractivity contribution in [1.29, 1.82) is 0 Å². The number of benzene rings is 1. The highest BCUT2D eigenvalue weighted by Gasteiger charge is 2.21. The predicted molar refractivity (Wildman–Crippen MR) is 65.9 cm³/mol. The van der Waals surface area contributed by atoms with Crippen LogP contribution in [0.5, 0.6) is 0 Å². The first-order valence-corrected chi connectivity index (χ1v) is 5.53. The lowest BCUT2D eigenvalue weighted by atomic mass is 10.0. The molecule has 0 saturated carbocycles. The fraction of sp³-hybridized carbons (Fsp3) is 0.273. The van der Waals surface area contributed by atoms with Crippen LogP contribution in [0, 0.1) is 5.82 Å². The summed E-state index contributed by atoms with van der Waals surface area (Å²) in [7, 11) is 0. The van der Waals surface area contributed by atoms with E-state index in [-0.39, 0.29) is 11.9 Å². The summed E-state index contributed by atoms with van der Waals surface area (Å²) in [5.41, 5.74) is 1.47. The molecule has 0 saturated heterocycles. The van der Waals surface area contributed by atoms with Gasteiger partial charge in [-0.25, -0.2) is 9.18 Å². The van der Waals surface area contributed by atoms with Crippen LogP contribution in [0.3, 0.4) is 0 Å². The second-order valence-corrected chi connectivity index (χ2v) is 4.40. The van der Waals surface area contributed by atoms with Crippen molar-refractivity contribution in [2.45, 2.75) is 18.9 Å². The van der Waals surface area contributed by atoms with Gasteiger partial charge in [0.2, 0.25) is 0 Å². The Labute approximate surface area is 103 Å². The van der Waals surface area contributed by atoms with E-state index >= 15 is 0 Å². The molecule has 1 aromatic carbocycles. The lowest BCUT2D eigenvalue weighted by Crippen LogP contribution is -2.36. The Kier molecular flexibility index (Phi) is 3.23. The normalized spacial score (nSPS) is 18.9. The van der Waals surface area contributed by atoms with E-state index in [1.165, 1.54) is 12.1 Å². The molecule has 3 N–H and O–H groups in total. The first-order valence-electron chi connectivity index (χ1n) is 5.12. The van der Waals surface area contributed by atoms with Gasteiger partial charge in [0.1, 0.15) is 5.82 Å². The first kappa shape index (κ1) is 11.8. The number of thiocarbonyl (C=S) groups is 1. The van der Waals surface area contributed by atoms with Crippen LogP contribution < -0.4 is 10.6 Å². The maximum atomic E-state index is 13.1. The van der Waals surface area contributed by atoms with Gasteiger partial charge in [0, 0.05) is 18.2 Å². The van der Waals surface area contributed by atoms with Gasteiger partial charge in [-0.15, -0.1) is 0 Å². The van der Waals surface area contributed by atoms with E-state index in [1.807, 2.05) is 0 Å². The van der Waals surface area contributed by atoms with E-state index in [4.69, 9.17) is 17.3 Å². The molecule has 0 aromatic heterocycles. The number of amides is 1. The summed E-state index contributed by atoms with van der Waals surface area (Å²) in [6.45, 7) is 0. The molecule has 1 amide bonds. The summed E-state index contributed by atoms with van der Waals surface area (Å²) < 4.78 is 13.1. The highest BCUT2D eigenvalue weighted by molar-refractivity contribution is 7.80. The Morgan fingerprint density at radius 3 is 3.00 bits per heavy atom. The summed E-state index contributed by atoms with van der Waals surface area (Å²) in [5, 5.41) is 14.1.